The summed E-state index contributed by atoms with van der Waals surface area (Å²) >= 11 is 13.1. The monoisotopic (exact) mass is 380 g/mol. The van der Waals surface area contributed by atoms with Gasteiger partial charge < -0.3 is 4.74 Å². The van der Waals surface area contributed by atoms with E-state index < -0.39 is 0 Å². The van der Waals surface area contributed by atoms with Crippen LogP contribution in [-0.2, 0) is 16.1 Å². The van der Waals surface area contributed by atoms with Crippen LogP contribution in [-0.4, -0.2) is 5.97 Å². The highest BCUT2D eigenvalue weighted by atomic mass is 35.5. The fraction of sp³-hybridized carbons (Fsp3) is 0.316. The van der Waals surface area contributed by atoms with Gasteiger partial charge in [-0.1, -0.05) is 61.3 Å². The van der Waals surface area contributed by atoms with Crippen LogP contribution < -0.4 is 0 Å². The molecule has 24 heavy (non-hydrogen) atoms. The molecule has 0 spiro atoms. The van der Waals surface area contributed by atoms with E-state index in [1.54, 1.807) is 17.4 Å². The lowest BCUT2D eigenvalue weighted by atomic mass is 10.1. The van der Waals surface area contributed by atoms with Crippen LogP contribution >= 0.6 is 34.5 Å². The quantitative estimate of drug-likeness (QED) is 0.590. The summed E-state index contributed by atoms with van der Waals surface area (Å²) in [5.41, 5.74) is 1.96. The largest absolute Gasteiger partial charge is 0.461 e. The van der Waals surface area contributed by atoms with Crippen molar-refractivity contribution in [3.05, 3.63) is 57.9 Å². The van der Waals surface area contributed by atoms with Gasteiger partial charge in [-0.3, -0.25) is 4.79 Å². The molecular formula is C19H18Cl2O2S. The van der Waals surface area contributed by atoms with Gasteiger partial charge in [0.1, 0.15) is 11.1 Å². The first-order valence-corrected chi connectivity index (χ1v) is 9.35. The van der Waals surface area contributed by atoms with Crippen LogP contribution in [0.1, 0.15) is 19.4 Å². The number of rotatable bonds is 5. The van der Waals surface area contributed by atoms with Crippen molar-refractivity contribution in [2.75, 3.05) is 0 Å². The minimum absolute atomic E-state index is 0.0347. The maximum Gasteiger partial charge on any atom is 0.310 e. The van der Waals surface area contributed by atoms with Crippen LogP contribution in [0.25, 0.3) is 10.4 Å². The summed E-state index contributed by atoms with van der Waals surface area (Å²) in [5.74, 6) is -0.352. The second kappa shape index (κ2) is 6.91. The van der Waals surface area contributed by atoms with E-state index in [9.17, 15) is 4.79 Å². The number of halogens is 2. The molecule has 0 saturated heterocycles. The molecule has 0 unspecified atom stereocenters. The molecular weight excluding hydrogens is 363 g/mol. The standard InChI is InChI=1S/C19H18Cl2O2S/c1-19(2)14(10-16(20)21)17(19)18(22)23-11-12-5-3-6-13(9-12)15-7-4-8-24-15/h3-10,14,17H,11H2,1-2H3/t14-,17-/m1/s1. The van der Waals surface area contributed by atoms with E-state index >= 15 is 0 Å². The molecule has 1 saturated carbocycles. The van der Waals surface area contributed by atoms with Gasteiger partial charge in [-0.2, -0.15) is 0 Å². The number of hydrogen-bond acceptors (Lipinski definition) is 3. The zero-order chi connectivity index (χ0) is 17.3. The van der Waals surface area contributed by atoms with Crippen molar-refractivity contribution in [1.82, 2.24) is 0 Å². The summed E-state index contributed by atoms with van der Waals surface area (Å²) < 4.78 is 5.72. The zero-order valence-corrected chi connectivity index (χ0v) is 15.8. The molecule has 1 aromatic carbocycles. The molecule has 0 N–H and O–H groups in total. The molecule has 0 aliphatic heterocycles. The molecule has 2 atom stereocenters. The van der Waals surface area contributed by atoms with Gasteiger partial charge in [0, 0.05) is 4.88 Å². The maximum atomic E-state index is 12.4. The smallest absolute Gasteiger partial charge is 0.310 e. The number of esters is 1. The van der Waals surface area contributed by atoms with Gasteiger partial charge in [0.05, 0.1) is 5.92 Å². The number of hydrogen-bond donors (Lipinski definition) is 0. The van der Waals surface area contributed by atoms with Crippen molar-refractivity contribution in [2.24, 2.45) is 17.3 Å². The van der Waals surface area contributed by atoms with Gasteiger partial charge in [0.25, 0.3) is 0 Å². The van der Waals surface area contributed by atoms with E-state index in [1.165, 1.54) is 4.88 Å². The summed E-state index contributed by atoms with van der Waals surface area (Å²) in [6.07, 6.45) is 1.73. The van der Waals surface area contributed by atoms with E-state index in [2.05, 4.69) is 18.2 Å². The summed E-state index contributed by atoms with van der Waals surface area (Å²) in [6, 6.07) is 12.2. The lowest BCUT2D eigenvalue weighted by molar-refractivity contribution is -0.147. The highest BCUT2D eigenvalue weighted by Crippen LogP contribution is 2.60. The number of ether oxygens (including phenoxy) is 1. The fourth-order valence-electron chi connectivity index (χ4n) is 3.08. The summed E-state index contributed by atoms with van der Waals surface area (Å²) in [5, 5.41) is 2.05. The molecule has 0 radical (unpaired) electrons. The number of allylic oxidation sites excluding steroid dienone is 1. The van der Waals surface area contributed by atoms with Crippen molar-refractivity contribution in [3.8, 4) is 10.4 Å². The van der Waals surface area contributed by atoms with Crippen molar-refractivity contribution in [3.63, 3.8) is 0 Å². The molecule has 1 aliphatic carbocycles. The second-order valence-electron chi connectivity index (χ2n) is 6.57. The average Bonchev–Trinajstić information content (AvgIpc) is 2.94. The molecule has 2 nitrogen and oxygen atoms in total. The predicted molar refractivity (Wildman–Crippen MR) is 100 cm³/mol. The van der Waals surface area contributed by atoms with Crippen LogP contribution in [0.2, 0.25) is 0 Å². The van der Waals surface area contributed by atoms with Crippen LogP contribution in [0.15, 0.2) is 52.3 Å². The maximum absolute atomic E-state index is 12.4. The fourth-order valence-corrected chi connectivity index (χ4v) is 4.07. The molecule has 1 aromatic heterocycles. The first-order chi connectivity index (χ1) is 11.4. The van der Waals surface area contributed by atoms with E-state index in [1.807, 2.05) is 37.4 Å². The van der Waals surface area contributed by atoms with Crippen molar-refractivity contribution in [2.45, 2.75) is 20.5 Å². The molecule has 5 heteroatoms. The molecule has 126 valence electrons. The number of carbonyl (C=O) groups excluding carboxylic acids is 1. The third-order valence-electron chi connectivity index (χ3n) is 4.58. The lowest BCUT2D eigenvalue weighted by Gasteiger charge is -2.07. The summed E-state index contributed by atoms with van der Waals surface area (Å²) in [7, 11) is 0. The highest BCUT2D eigenvalue weighted by Gasteiger charge is 2.61. The molecule has 1 heterocycles. The Hall–Kier alpha value is -1.29. The minimum atomic E-state index is -0.197. The number of benzene rings is 1. The normalized spacial score (nSPS) is 21.2. The van der Waals surface area contributed by atoms with Crippen LogP contribution in [0.5, 0.6) is 0 Å². The van der Waals surface area contributed by atoms with E-state index in [0.717, 1.165) is 11.1 Å². The minimum Gasteiger partial charge on any atom is -0.461 e. The third-order valence-corrected chi connectivity index (χ3v) is 5.75. The molecule has 0 amide bonds. The van der Waals surface area contributed by atoms with Crippen molar-refractivity contribution >= 4 is 40.5 Å². The van der Waals surface area contributed by atoms with Gasteiger partial charge in [-0.15, -0.1) is 11.3 Å². The van der Waals surface area contributed by atoms with Gasteiger partial charge in [-0.05, 0) is 46.0 Å². The molecule has 3 rings (SSSR count). The highest BCUT2D eigenvalue weighted by molar-refractivity contribution is 7.13. The Labute approximate surface area is 156 Å². The molecule has 1 aliphatic rings. The number of thiophene rings is 1. The molecule has 1 fully saturated rings. The summed E-state index contributed by atoms with van der Waals surface area (Å²) in [6.45, 7) is 4.32. The van der Waals surface area contributed by atoms with E-state index in [4.69, 9.17) is 27.9 Å². The van der Waals surface area contributed by atoms with Crippen LogP contribution in [0, 0.1) is 17.3 Å². The predicted octanol–water partition coefficient (Wildman–Crippen LogP) is 6.05. The Morgan fingerprint density at radius 2 is 2.08 bits per heavy atom. The van der Waals surface area contributed by atoms with Crippen molar-refractivity contribution in [1.29, 1.82) is 0 Å². The summed E-state index contributed by atoms with van der Waals surface area (Å²) in [4.78, 5) is 13.6. The Kier molecular flexibility index (Phi) is 5.05. The first kappa shape index (κ1) is 17.5. The van der Waals surface area contributed by atoms with Crippen LogP contribution in [0.3, 0.4) is 0 Å². The SMILES string of the molecule is CC1(C)[C@H](C=C(Cl)Cl)[C@@H]1C(=O)OCc1cccc(-c2cccs2)c1. The topological polar surface area (TPSA) is 26.3 Å². The average molecular weight is 381 g/mol. The Bertz CT molecular complexity index is 761. The van der Waals surface area contributed by atoms with Gasteiger partial charge in [0.15, 0.2) is 0 Å². The van der Waals surface area contributed by atoms with E-state index in [-0.39, 0.29) is 34.3 Å². The third kappa shape index (κ3) is 3.69. The van der Waals surface area contributed by atoms with Gasteiger partial charge in [-0.25, -0.2) is 0 Å². The Balaban J connectivity index is 1.63. The van der Waals surface area contributed by atoms with E-state index in [0.29, 0.717) is 0 Å². The van der Waals surface area contributed by atoms with Crippen LogP contribution in [0.4, 0.5) is 0 Å². The molecule has 0 bridgehead atoms. The number of carbonyl (C=O) groups is 1. The Morgan fingerprint density at radius 3 is 2.75 bits per heavy atom. The van der Waals surface area contributed by atoms with Gasteiger partial charge in [0.2, 0.25) is 0 Å². The Morgan fingerprint density at radius 1 is 1.29 bits per heavy atom. The first-order valence-electron chi connectivity index (χ1n) is 7.72. The van der Waals surface area contributed by atoms with Gasteiger partial charge >= 0.3 is 5.97 Å². The second-order valence-corrected chi connectivity index (χ2v) is 8.52. The lowest BCUT2D eigenvalue weighted by Crippen LogP contribution is -2.10. The molecule has 2 aromatic rings. The van der Waals surface area contributed by atoms with Crippen molar-refractivity contribution < 1.29 is 9.53 Å². The zero-order valence-electron chi connectivity index (χ0n) is 13.5.